The van der Waals surface area contributed by atoms with Crippen molar-refractivity contribution in [1.82, 2.24) is 9.55 Å². The lowest BCUT2D eigenvalue weighted by Crippen LogP contribution is -2.32. The summed E-state index contributed by atoms with van der Waals surface area (Å²) in [5, 5.41) is 1.06. The number of aromatic nitrogens is 2. The fraction of sp³-hybridized carbons (Fsp3) is 0.160. The molecule has 1 aromatic heterocycles. The summed E-state index contributed by atoms with van der Waals surface area (Å²) in [5.41, 5.74) is 3.19. The Balaban J connectivity index is 1.71. The molecule has 1 amide bonds. The molecule has 0 N–H and O–H groups in total. The molecule has 0 aliphatic carbocycles. The average Bonchev–Trinajstić information content (AvgIpc) is 2.80. The van der Waals surface area contributed by atoms with Crippen molar-refractivity contribution in [2.24, 2.45) is 0 Å². The van der Waals surface area contributed by atoms with Gasteiger partial charge in [-0.15, -0.1) is 0 Å². The second-order valence-corrected chi connectivity index (χ2v) is 8.09. The van der Waals surface area contributed by atoms with Crippen molar-refractivity contribution in [1.29, 1.82) is 0 Å². The number of benzene rings is 3. The summed E-state index contributed by atoms with van der Waals surface area (Å²) < 4.78 is 1.60. The highest BCUT2D eigenvalue weighted by Gasteiger charge is 2.18. The molecular formula is C25H23N3O2S. The van der Waals surface area contributed by atoms with Crippen LogP contribution >= 0.6 is 11.8 Å². The lowest BCUT2D eigenvalue weighted by molar-refractivity contribution is -0.116. The van der Waals surface area contributed by atoms with E-state index in [2.05, 4.69) is 0 Å². The molecule has 4 rings (SSSR count). The first-order valence-corrected chi connectivity index (χ1v) is 11.1. The van der Waals surface area contributed by atoms with Gasteiger partial charge in [0.1, 0.15) is 0 Å². The summed E-state index contributed by atoms with van der Waals surface area (Å²) in [6.07, 6.45) is 0. The number of carbonyl (C=O) groups is 1. The molecule has 31 heavy (non-hydrogen) atoms. The number of hydrogen-bond donors (Lipinski definition) is 0. The Morgan fingerprint density at radius 1 is 0.968 bits per heavy atom. The molecule has 0 aliphatic rings. The van der Waals surface area contributed by atoms with Gasteiger partial charge in [0.25, 0.3) is 5.56 Å². The first-order valence-electron chi connectivity index (χ1n) is 10.2. The molecule has 0 radical (unpaired) electrons. The van der Waals surface area contributed by atoms with Crippen LogP contribution in [0.1, 0.15) is 12.5 Å². The summed E-state index contributed by atoms with van der Waals surface area (Å²) in [6, 6.07) is 24.6. The molecule has 156 valence electrons. The zero-order chi connectivity index (χ0) is 21.8. The summed E-state index contributed by atoms with van der Waals surface area (Å²) in [5.74, 6) is 0.149. The third-order valence-electron chi connectivity index (χ3n) is 5.05. The zero-order valence-corrected chi connectivity index (χ0v) is 18.3. The number of rotatable bonds is 6. The van der Waals surface area contributed by atoms with Gasteiger partial charge in [0.05, 0.1) is 22.3 Å². The quantitative estimate of drug-likeness (QED) is 0.325. The van der Waals surface area contributed by atoms with Gasteiger partial charge in [0, 0.05) is 12.2 Å². The summed E-state index contributed by atoms with van der Waals surface area (Å²) in [6.45, 7) is 4.52. The van der Waals surface area contributed by atoms with Crippen LogP contribution in [0.3, 0.4) is 0 Å². The Hall–Kier alpha value is -3.38. The highest BCUT2D eigenvalue weighted by Crippen LogP contribution is 2.23. The standard InChI is InChI=1S/C25H23N3O2S/c1-3-27(19-9-5-4-6-10-19)23(29)17-31-25-26-22-12-8-7-11-21(22)24(30)28(25)20-15-13-18(2)14-16-20/h4-16H,3,17H2,1-2H3. The van der Waals surface area contributed by atoms with E-state index in [-0.39, 0.29) is 17.2 Å². The normalized spacial score (nSPS) is 10.9. The number of thioether (sulfide) groups is 1. The molecule has 0 aliphatic heterocycles. The van der Waals surface area contributed by atoms with Crippen molar-refractivity contribution in [3.05, 3.63) is 94.8 Å². The molecule has 3 aromatic carbocycles. The van der Waals surface area contributed by atoms with Gasteiger partial charge in [0.15, 0.2) is 5.16 Å². The molecule has 0 fully saturated rings. The van der Waals surface area contributed by atoms with Crippen LogP contribution in [-0.2, 0) is 4.79 Å². The van der Waals surface area contributed by atoms with E-state index in [1.807, 2.05) is 86.6 Å². The van der Waals surface area contributed by atoms with Crippen LogP contribution in [0, 0.1) is 6.92 Å². The van der Waals surface area contributed by atoms with Crippen LogP contribution in [0.25, 0.3) is 16.6 Å². The maximum absolute atomic E-state index is 13.3. The van der Waals surface area contributed by atoms with Gasteiger partial charge in [-0.2, -0.15) is 0 Å². The molecule has 0 bridgehead atoms. The van der Waals surface area contributed by atoms with E-state index >= 15 is 0 Å². The maximum Gasteiger partial charge on any atom is 0.266 e. The van der Waals surface area contributed by atoms with Crippen molar-refractivity contribution in [2.75, 3.05) is 17.2 Å². The van der Waals surface area contributed by atoms with Crippen LogP contribution in [0.5, 0.6) is 0 Å². The molecule has 5 nitrogen and oxygen atoms in total. The second kappa shape index (κ2) is 9.18. The van der Waals surface area contributed by atoms with Crippen molar-refractivity contribution in [3.63, 3.8) is 0 Å². The fourth-order valence-electron chi connectivity index (χ4n) is 3.45. The van der Waals surface area contributed by atoms with Crippen molar-refractivity contribution >= 4 is 34.3 Å². The average molecular weight is 430 g/mol. The van der Waals surface area contributed by atoms with E-state index in [1.165, 1.54) is 11.8 Å². The molecule has 4 aromatic rings. The third-order valence-corrected chi connectivity index (χ3v) is 5.97. The Morgan fingerprint density at radius 2 is 1.65 bits per heavy atom. The van der Waals surface area contributed by atoms with E-state index in [4.69, 9.17) is 4.98 Å². The summed E-state index contributed by atoms with van der Waals surface area (Å²) >= 11 is 1.28. The van der Waals surface area contributed by atoms with Crippen LogP contribution in [0.15, 0.2) is 88.8 Å². The number of nitrogens with zero attached hydrogens (tertiary/aromatic N) is 3. The van der Waals surface area contributed by atoms with Crippen molar-refractivity contribution in [3.8, 4) is 5.69 Å². The van der Waals surface area contributed by atoms with E-state index < -0.39 is 0 Å². The van der Waals surface area contributed by atoms with Gasteiger partial charge < -0.3 is 4.90 Å². The minimum Gasteiger partial charge on any atom is -0.312 e. The topological polar surface area (TPSA) is 55.2 Å². The van der Waals surface area contributed by atoms with E-state index in [9.17, 15) is 9.59 Å². The molecule has 0 atom stereocenters. The molecule has 0 spiro atoms. The van der Waals surface area contributed by atoms with E-state index in [0.29, 0.717) is 22.6 Å². The Bertz CT molecular complexity index is 1270. The van der Waals surface area contributed by atoms with Gasteiger partial charge in [-0.05, 0) is 50.2 Å². The zero-order valence-electron chi connectivity index (χ0n) is 17.5. The number of fused-ring (bicyclic) bond motifs is 1. The predicted molar refractivity (Wildman–Crippen MR) is 127 cm³/mol. The summed E-state index contributed by atoms with van der Waals surface area (Å²) in [7, 11) is 0. The number of para-hydroxylation sites is 2. The highest BCUT2D eigenvalue weighted by atomic mass is 32.2. The number of hydrogen-bond acceptors (Lipinski definition) is 4. The molecular weight excluding hydrogens is 406 g/mol. The predicted octanol–water partition coefficient (Wildman–Crippen LogP) is 4.84. The van der Waals surface area contributed by atoms with Crippen molar-refractivity contribution in [2.45, 2.75) is 19.0 Å². The Morgan fingerprint density at radius 3 is 2.35 bits per heavy atom. The number of carbonyl (C=O) groups excluding carboxylic acids is 1. The summed E-state index contributed by atoms with van der Waals surface area (Å²) in [4.78, 5) is 32.7. The van der Waals surface area contributed by atoms with E-state index in [0.717, 1.165) is 16.9 Å². The molecule has 6 heteroatoms. The van der Waals surface area contributed by atoms with Crippen molar-refractivity contribution < 1.29 is 4.79 Å². The lowest BCUT2D eigenvalue weighted by atomic mass is 10.2. The van der Waals surface area contributed by atoms with Crippen LogP contribution in [0.2, 0.25) is 0 Å². The Kier molecular flexibility index (Phi) is 6.18. The molecule has 0 saturated carbocycles. The minimum atomic E-state index is -0.139. The van der Waals surface area contributed by atoms with Crippen LogP contribution in [0.4, 0.5) is 5.69 Å². The first kappa shape index (κ1) is 20.9. The van der Waals surface area contributed by atoms with Gasteiger partial charge in [-0.1, -0.05) is 59.8 Å². The highest BCUT2D eigenvalue weighted by molar-refractivity contribution is 7.99. The van der Waals surface area contributed by atoms with E-state index in [1.54, 1.807) is 15.5 Å². The third kappa shape index (κ3) is 4.39. The van der Waals surface area contributed by atoms with Gasteiger partial charge in [-0.3, -0.25) is 14.2 Å². The second-order valence-electron chi connectivity index (χ2n) is 7.15. The van der Waals surface area contributed by atoms with Gasteiger partial charge >= 0.3 is 0 Å². The smallest absolute Gasteiger partial charge is 0.266 e. The van der Waals surface area contributed by atoms with Crippen LogP contribution < -0.4 is 10.5 Å². The number of amides is 1. The van der Waals surface area contributed by atoms with Gasteiger partial charge in [0.2, 0.25) is 5.91 Å². The molecule has 0 unspecified atom stereocenters. The monoisotopic (exact) mass is 429 g/mol. The largest absolute Gasteiger partial charge is 0.312 e. The van der Waals surface area contributed by atoms with Gasteiger partial charge in [-0.25, -0.2) is 4.98 Å². The van der Waals surface area contributed by atoms with Crippen LogP contribution in [-0.4, -0.2) is 27.8 Å². The Labute approximate surface area is 185 Å². The molecule has 1 heterocycles. The minimum absolute atomic E-state index is 0.0310. The maximum atomic E-state index is 13.3. The number of anilines is 1. The SMILES string of the molecule is CCN(C(=O)CSc1nc2ccccc2c(=O)n1-c1ccc(C)cc1)c1ccccc1. The first-order chi connectivity index (χ1) is 15.1. The fourth-order valence-corrected chi connectivity index (χ4v) is 4.33. The lowest BCUT2D eigenvalue weighted by Gasteiger charge is -2.21. The number of aryl methyl sites for hydroxylation is 1. The molecule has 0 saturated heterocycles.